The van der Waals surface area contributed by atoms with Crippen molar-refractivity contribution in [3.8, 4) is 0 Å². The summed E-state index contributed by atoms with van der Waals surface area (Å²) in [6.07, 6.45) is 8.36. The lowest BCUT2D eigenvalue weighted by atomic mass is 9.80. The zero-order chi connectivity index (χ0) is 13.2. The Morgan fingerprint density at radius 2 is 2.00 bits per heavy atom. The van der Waals surface area contributed by atoms with Gasteiger partial charge in [0.1, 0.15) is 0 Å². The van der Waals surface area contributed by atoms with E-state index in [1.165, 1.54) is 32.1 Å². The van der Waals surface area contributed by atoms with Crippen molar-refractivity contribution in [1.29, 1.82) is 0 Å². The minimum Gasteiger partial charge on any atom is -0.339 e. The molecule has 2 saturated carbocycles. The number of rotatable bonds is 5. The Balaban J connectivity index is 2.02. The average molecular weight is 316 g/mol. The second kappa shape index (κ2) is 5.94. The lowest BCUT2D eigenvalue weighted by Crippen LogP contribution is -2.49. The third kappa shape index (κ3) is 2.92. The second-order valence-corrected chi connectivity index (χ2v) is 7.39. The molecule has 0 aliphatic heterocycles. The van der Waals surface area contributed by atoms with Crippen molar-refractivity contribution in [2.75, 3.05) is 11.9 Å². The SMILES string of the molecule is CC1(C)CCCC1C(=O)N(CCCBr)C1CCC1. The van der Waals surface area contributed by atoms with Crippen LogP contribution in [0.5, 0.6) is 0 Å². The molecule has 2 aliphatic rings. The van der Waals surface area contributed by atoms with Crippen molar-refractivity contribution in [3.63, 3.8) is 0 Å². The van der Waals surface area contributed by atoms with E-state index in [0.717, 1.165) is 24.7 Å². The Hall–Kier alpha value is -0.0500. The van der Waals surface area contributed by atoms with E-state index < -0.39 is 0 Å². The molecule has 0 radical (unpaired) electrons. The summed E-state index contributed by atoms with van der Waals surface area (Å²) < 4.78 is 0. The third-order valence-corrected chi connectivity index (χ3v) is 5.45. The van der Waals surface area contributed by atoms with Crippen molar-refractivity contribution in [1.82, 2.24) is 4.90 Å². The fourth-order valence-electron chi connectivity index (χ4n) is 3.39. The summed E-state index contributed by atoms with van der Waals surface area (Å²) in [5, 5.41) is 0.998. The van der Waals surface area contributed by atoms with E-state index in [1.807, 2.05) is 0 Å². The van der Waals surface area contributed by atoms with E-state index >= 15 is 0 Å². The van der Waals surface area contributed by atoms with Crippen molar-refractivity contribution >= 4 is 21.8 Å². The maximum Gasteiger partial charge on any atom is 0.226 e. The first-order valence-corrected chi connectivity index (χ1v) is 8.55. The smallest absolute Gasteiger partial charge is 0.226 e. The van der Waals surface area contributed by atoms with Crippen LogP contribution in [0.15, 0.2) is 0 Å². The standard InChI is InChI=1S/C15H26BrNO/c1-15(2)9-4-8-13(15)14(18)17(11-5-10-16)12-6-3-7-12/h12-13H,3-11H2,1-2H3. The Labute approximate surface area is 120 Å². The molecular weight excluding hydrogens is 290 g/mol. The van der Waals surface area contributed by atoms with Crippen LogP contribution in [0.3, 0.4) is 0 Å². The Morgan fingerprint density at radius 1 is 1.28 bits per heavy atom. The van der Waals surface area contributed by atoms with Gasteiger partial charge in [-0.2, -0.15) is 0 Å². The van der Waals surface area contributed by atoms with Crippen LogP contribution < -0.4 is 0 Å². The fourth-order valence-corrected chi connectivity index (χ4v) is 3.64. The van der Waals surface area contributed by atoms with Crippen LogP contribution in [-0.4, -0.2) is 28.7 Å². The van der Waals surface area contributed by atoms with Gasteiger partial charge in [-0.15, -0.1) is 0 Å². The van der Waals surface area contributed by atoms with Crippen LogP contribution in [0.4, 0.5) is 0 Å². The van der Waals surface area contributed by atoms with Crippen LogP contribution in [0.1, 0.15) is 58.8 Å². The molecular formula is C15H26BrNO. The molecule has 1 unspecified atom stereocenters. The number of hydrogen-bond donors (Lipinski definition) is 0. The van der Waals surface area contributed by atoms with E-state index in [4.69, 9.17) is 0 Å². The summed E-state index contributed by atoms with van der Waals surface area (Å²) in [6.45, 7) is 5.49. The number of hydrogen-bond acceptors (Lipinski definition) is 1. The van der Waals surface area contributed by atoms with E-state index in [0.29, 0.717) is 11.9 Å². The molecule has 2 rings (SSSR count). The maximum atomic E-state index is 12.8. The molecule has 2 aliphatic carbocycles. The molecule has 2 nitrogen and oxygen atoms in total. The molecule has 0 aromatic heterocycles. The highest BCUT2D eigenvalue weighted by molar-refractivity contribution is 9.09. The molecule has 0 bridgehead atoms. The van der Waals surface area contributed by atoms with E-state index in [-0.39, 0.29) is 11.3 Å². The Kier molecular flexibility index (Phi) is 4.74. The molecule has 0 saturated heterocycles. The van der Waals surface area contributed by atoms with Crippen molar-refractivity contribution in [2.24, 2.45) is 11.3 Å². The summed E-state index contributed by atoms with van der Waals surface area (Å²) in [5.41, 5.74) is 0.216. The fraction of sp³-hybridized carbons (Fsp3) is 0.933. The largest absolute Gasteiger partial charge is 0.339 e. The minimum absolute atomic E-state index is 0.216. The summed E-state index contributed by atoms with van der Waals surface area (Å²) >= 11 is 3.48. The predicted molar refractivity (Wildman–Crippen MR) is 78.9 cm³/mol. The van der Waals surface area contributed by atoms with Crippen LogP contribution in [0.2, 0.25) is 0 Å². The van der Waals surface area contributed by atoms with Gasteiger partial charge < -0.3 is 4.90 Å². The molecule has 0 aromatic carbocycles. The van der Waals surface area contributed by atoms with Gasteiger partial charge in [-0.25, -0.2) is 0 Å². The van der Waals surface area contributed by atoms with Gasteiger partial charge in [0.2, 0.25) is 5.91 Å². The van der Waals surface area contributed by atoms with Crippen LogP contribution >= 0.6 is 15.9 Å². The maximum absolute atomic E-state index is 12.8. The molecule has 0 aromatic rings. The molecule has 2 fully saturated rings. The number of carbonyl (C=O) groups is 1. The molecule has 0 heterocycles. The number of halogens is 1. The Morgan fingerprint density at radius 3 is 2.44 bits per heavy atom. The van der Waals surface area contributed by atoms with Gasteiger partial charge in [-0.3, -0.25) is 4.79 Å². The summed E-state index contributed by atoms with van der Waals surface area (Å²) in [6, 6.07) is 0.549. The molecule has 104 valence electrons. The highest BCUT2D eigenvalue weighted by atomic mass is 79.9. The van der Waals surface area contributed by atoms with Crippen LogP contribution in [-0.2, 0) is 4.79 Å². The first kappa shape index (κ1) is 14.4. The molecule has 3 heteroatoms. The lowest BCUT2D eigenvalue weighted by molar-refractivity contribution is -0.142. The van der Waals surface area contributed by atoms with Gasteiger partial charge in [-0.05, 0) is 43.9 Å². The van der Waals surface area contributed by atoms with Gasteiger partial charge in [-0.1, -0.05) is 36.2 Å². The molecule has 1 atom stereocenters. The minimum atomic E-state index is 0.216. The van der Waals surface area contributed by atoms with E-state index in [1.54, 1.807) is 0 Å². The van der Waals surface area contributed by atoms with Crippen LogP contribution in [0.25, 0.3) is 0 Å². The van der Waals surface area contributed by atoms with Crippen molar-refractivity contribution in [2.45, 2.75) is 64.8 Å². The normalized spacial score (nSPS) is 26.9. The predicted octanol–water partition coefficient (Wildman–Crippen LogP) is 3.98. The van der Waals surface area contributed by atoms with E-state index in [9.17, 15) is 4.79 Å². The van der Waals surface area contributed by atoms with Gasteiger partial charge in [0.15, 0.2) is 0 Å². The molecule has 1 amide bonds. The lowest BCUT2D eigenvalue weighted by Gasteiger charge is -2.41. The summed E-state index contributed by atoms with van der Waals surface area (Å²) in [7, 11) is 0. The van der Waals surface area contributed by atoms with Crippen molar-refractivity contribution < 1.29 is 4.79 Å². The monoisotopic (exact) mass is 315 g/mol. The molecule has 0 N–H and O–H groups in total. The number of amides is 1. The second-order valence-electron chi connectivity index (χ2n) is 6.59. The highest BCUT2D eigenvalue weighted by Crippen LogP contribution is 2.44. The third-order valence-electron chi connectivity index (χ3n) is 4.89. The zero-order valence-corrected chi connectivity index (χ0v) is 13.3. The quantitative estimate of drug-likeness (QED) is 0.703. The van der Waals surface area contributed by atoms with Gasteiger partial charge in [0.25, 0.3) is 0 Å². The van der Waals surface area contributed by atoms with E-state index in [2.05, 4.69) is 34.7 Å². The van der Waals surface area contributed by atoms with Crippen LogP contribution in [0, 0.1) is 11.3 Å². The number of nitrogens with zero attached hydrogens (tertiary/aromatic N) is 1. The average Bonchev–Trinajstić information content (AvgIpc) is 2.60. The summed E-state index contributed by atoms with van der Waals surface area (Å²) in [5.74, 6) is 0.719. The molecule has 18 heavy (non-hydrogen) atoms. The Bertz CT molecular complexity index is 299. The number of alkyl halides is 1. The highest BCUT2D eigenvalue weighted by Gasteiger charge is 2.42. The summed E-state index contributed by atoms with van der Waals surface area (Å²) in [4.78, 5) is 15.0. The first-order chi connectivity index (χ1) is 8.56. The number of carbonyl (C=O) groups excluding carboxylic acids is 1. The zero-order valence-electron chi connectivity index (χ0n) is 11.8. The first-order valence-electron chi connectivity index (χ1n) is 7.43. The van der Waals surface area contributed by atoms with Gasteiger partial charge in [0.05, 0.1) is 0 Å². The topological polar surface area (TPSA) is 20.3 Å². The van der Waals surface area contributed by atoms with Gasteiger partial charge >= 0.3 is 0 Å². The molecule has 0 spiro atoms. The van der Waals surface area contributed by atoms with Gasteiger partial charge in [0, 0.05) is 23.8 Å². The van der Waals surface area contributed by atoms with Crippen molar-refractivity contribution in [3.05, 3.63) is 0 Å².